The zero-order valence-corrected chi connectivity index (χ0v) is 12.6. The van der Waals surface area contributed by atoms with E-state index in [0.29, 0.717) is 19.4 Å². The summed E-state index contributed by atoms with van der Waals surface area (Å²) in [7, 11) is 0. The minimum absolute atomic E-state index is 0.0336. The van der Waals surface area contributed by atoms with Crippen molar-refractivity contribution in [1.29, 1.82) is 0 Å². The summed E-state index contributed by atoms with van der Waals surface area (Å²) in [5.74, 6) is -1.02. The first-order valence-corrected chi connectivity index (χ1v) is 7.64. The fourth-order valence-corrected chi connectivity index (χ4v) is 2.96. The van der Waals surface area contributed by atoms with E-state index in [2.05, 4.69) is 0 Å². The van der Waals surface area contributed by atoms with Gasteiger partial charge in [-0.3, -0.25) is 9.59 Å². The predicted molar refractivity (Wildman–Crippen MR) is 76.3 cm³/mol. The van der Waals surface area contributed by atoms with Crippen molar-refractivity contribution < 1.29 is 19.8 Å². The second-order valence-electron chi connectivity index (χ2n) is 5.74. The Labute approximate surface area is 121 Å². The zero-order valence-electron chi connectivity index (χ0n) is 12.6. The molecule has 0 bridgehead atoms. The topological polar surface area (TPSA) is 77.8 Å². The summed E-state index contributed by atoms with van der Waals surface area (Å²) in [5, 5.41) is 18.9. The number of aliphatic carboxylic acids is 1. The molecule has 5 heteroatoms. The average molecular weight is 285 g/mol. The number of hydrogen-bond acceptors (Lipinski definition) is 3. The molecule has 2 N–H and O–H groups in total. The molecule has 20 heavy (non-hydrogen) atoms. The summed E-state index contributed by atoms with van der Waals surface area (Å²) in [6, 6.07) is -0.148. The number of amides is 1. The SMILES string of the molecule is CCC(CC)(CC(=O)N1CCCCCC1CO)C(=O)O. The van der Waals surface area contributed by atoms with Crippen molar-refractivity contribution in [2.45, 2.75) is 64.8 Å². The molecule has 0 radical (unpaired) electrons. The Morgan fingerprint density at radius 1 is 1.20 bits per heavy atom. The Balaban J connectivity index is 2.83. The van der Waals surface area contributed by atoms with Gasteiger partial charge in [0.1, 0.15) is 0 Å². The first-order chi connectivity index (χ1) is 9.50. The van der Waals surface area contributed by atoms with Crippen LogP contribution in [0.2, 0.25) is 0 Å². The average Bonchev–Trinajstić information content (AvgIpc) is 2.69. The van der Waals surface area contributed by atoms with E-state index in [0.717, 1.165) is 25.7 Å². The number of carbonyl (C=O) groups is 2. The molecule has 1 saturated heterocycles. The van der Waals surface area contributed by atoms with Gasteiger partial charge in [0.25, 0.3) is 0 Å². The molecule has 1 aliphatic heterocycles. The summed E-state index contributed by atoms with van der Waals surface area (Å²) in [6.45, 7) is 4.23. The van der Waals surface area contributed by atoms with Crippen molar-refractivity contribution in [1.82, 2.24) is 4.90 Å². The lowest BCUT2D eigenvalue weighted by atomic mass is 9.79. The molecule has 1 amide bonds. The van der Waals surface area contributed by atoms with E-state index in [9.17, 15) is 19.8 Å². The van der Waals surface area contributed by atoms with Crippen LogP contribution in [0.4, 0.5) is 0 Å². The Morgan fingerprint density at radius 2 is 1.85 bits per heavy atom. The van der Waals surface area contributed by atoms with E-state index in [1.165, 1.54) is 0 Å². The van der Waals surface area contributed by atoms with Gasteiger partial charge in [-0.1, -0.05) is 26.7 Å². The molecule has 1 atom stereocenters. The van der Waals surface area contributed by atoms with Crippen molar-refractivity contribution in [2.75, 3.05) is 13.2 Å². The maximum absolute atomic E-state index is 12.5. The van der Waals surface area contributed by atoms with E-state index in [-0.39, 0.29) is 25.0 Å². The van der Waals surface area contributed by atoms with Crippen LogP contribution in [0.25, 0.3) is 0 Å². The van der Waals surface area contributed by atoms with E-state index in [1.54, 1.807) is 4.90 Å². The maximum Gasteiger partial charge on any atom is 0.310 e. The van der Waals surface area contributed by atoms with Gasteiger partial charge < -0.3 is 15.1 Å². The Bertz CT molecular complexity index is 339. The number of carboxylic acid groups (broad SMARTS) is 1. The Kier molecular flexibility index (Phi) is 6.46. The molecule has 1 aliphatic rings. The highest BCUT2D eigenvalue weighted by Gasteiger charge is 2.39. The van der Waals surface area contributed by atoms with Crippen LogP contribution in [0, 0.1) is 5.41 Å². The van der Waals surface area contributed by atoms with Crippen LogP contribution in [-0.2, 0) is 9.59 Å². The number of nitrogens with zero attached hydrogens (tertiary/aromatic N) is 1. The number of aliphatic hydroxyl groups excluding tert-OH is 1. The summed E-state index contributed by atoms with van der Waals surface area (Å²) in [4.78, 5) is 25.7. The van der Waals surface area contributed by atoms with Gasteiger partial charge in [-0.25, -0.2) is 0 Å². The Hall–Kier alpha value is -1.10. The minimum Gasteiger partial charge on any atom is -0.481 e. The number of likely N-dealkylation sites (tertiary alicyclic amines) is 1. The summed E-state index contributed by atoms with van der Waals surface area (Å²) in [5.41, 5.74) is -0.969. The highest BCUT2D eigenvalue weighted by Crippen LogP contribution is 2.32. The highest BCUT2D eigenvalue weighted by molar-refractivity contribution is 5.85. The van der Waals surface area contributed by atoms with Crippen LogP contribution < -0.4 is 0 Å². The number of hydrogen-bond donors (Lipinski definition) is 2. The van der Waals surface area contributed by atoms with E-state index >= 15 is 0 Å². The first-order valence-electron chi connectivity index (χ1n) is 7.64. The van der Waals surface area contributed by atoms with Crippen LogP contribution in [0.3, 0.4) is 0 Å². The van der Waals surface area contributed by atoms with Crippen LogP contribution in [0.15, 0.2) is 0 Å². The quantitative estimate of drug-likeness (QED) is 0.782. The molecular formula is C15H27NO4. The summed E-state index contributed by atoms with van der Waals surface area (Å²) < 4.78 is 0. The molecule has 0 saturated carbocycles. The van der Waals surface area contributed by atoms with Crippen molar-refractivity contribution in [3.63, 3.8) is 0 Å². The first kappa shape index (κ1) is 17.0. The number of aliphatic hydroxyl groups is 1. The van der Waals surface area contributed by atoms with Crippen molar-refractivity contribution >= 4 is 11.9 Å². The number of rotatable bonds is 6. The summed E-state index contributed by atoms with van der Waals surface area (Å²) >= 11 is 0. The molecule has 0 spiro atoms. The molecule has 116 valence electrons. The van der Waals surface area contributed by atoms with Gasteiger partial charge in [-0.05, 0) is 25.7 Å². The summed E-state index contributed by atoms with van der Waals surface area (Å²) in [6.07, 6.45) is 4.74. The number of carbonyl (C=O) groups excluding carboxylic acids is 1. The lowest BCUT2D eigenvalue weighted by molar-refractivity contribution is -0.155. The van der Waals surface area contributed by atoms with Gasteiger partial charge in [-0.15, -0.1) is 0 Å². The standard InChI is InChI=1S/C15H27NO4/c1-3-15(4-2,14(19)20)10-13(18)16-9-7-5-6-8-12(16)11-17/h12,17H,3-11H2,1-2H3,(H,19,20). The van der Waals surface area contributed by atoms with Crippen molar-refractivity contribution in [2.24, 2.45) is 5.41 Å². The van der Waals surface area contributed by atoms with Crippen molar-refractivity contribution in [3.05, 3.63) is 0 Å². The minimum atomic E-state index is -0.969. The van der Waals surface area contributed by atoms with E-state index in [1.807, 2.05) is 13.8 Å². The molecule has 0 aromatic carbocycles. The smallest absolute Gasteiger partial charge is 0.310 e. The fraction of sp³-hybridized carbons (Fsp3) is 0.867. The van der Waals surface area contributed by atoms with E-state index in [4.69, 9.17) is 0 Å². The molecular weight excluding hydrogens is 258 g/mol. The van der Waals surface area contributed by atoms with Gasteiger partial charge >= 0.3 is 5.97 Å². The normalized spacial score (nSPS) is 20.6. The lowest BCUT2D eigenvalue weighted by Crippen LogP contribution is -2.45. The fourth-order valence-electron chi connectivity index (χ4n) is 2.96. The van der Waals surface area contributed by atoms with Gasteiger partial charge in [0.05, 0.1) is 18.1 Å². The molecule has 0 aromatic heterocycles. The maximum atomic E-state index is 12.5. The van der Waals surface area contributed by atoms with Crippen molar-refractivity contribution in [3.8, 4) is 0 Å². The van der Waals surface area contributed by atoms with Crippen LogP contribution in [0.5, 0.6) is 0 Å². The Morgan fingerprint density at radius 3 is 2.35 bits per heavy atom. The van der Waals surface area contributed by atoms with Crippen LogP contribution >= 0.6 is 0 Å². The monoisotopic (exact) mass is 285 g/mol. The van der Waals surface area contributed by atoms with Gasteiger partial charge in [0, 0.05) is 13.0 Å². The molecule has 1 heterocycles. The molecule has 1 fully saturated rings. The van der Waals surface area contributed by atoms with E-state index < -0.39 is 11.4 Å². The second-order valence-corrected chi connectivity index (χ2v) is 5.74. The third-order valence-corrected chi connectivity index (χ3v) is 4.71. The van der Waals surface area contributed by atoms with Crippen LogP contribution in [-0.4, -0.2) is 46.2 Å². The largest absolute Gasteiger partial charge is 0.481 e. The second kappa shape index (κ2) is 7.62. The predicted octanol–water partition coefficient (Wildman–Crippen LogP) is 2.03. The lowest BCUT2D eigenvalue weighted by Gasteiger charge is -2.33. The zero-order chi connectivity index (χ0) is 15.2. The molecule has 1 unspecified atom stereocenters. The van der Waals surface area contributed by atoms with Crippen LogP contribution in [0.1, 0.15) is 58.8 Å². The molecule has 0 aromatic rings. The molecule has 0 aliphatic carbocycles. The number of carboxylic acids is 1. The third kappa shape index (κ3) is 3.72. The highest BCUT2D eigenvalue weighted by atomic mass is 16.4. The van der Waals surface area contributed by atoms with Gasteiger partial charge in [0.2, 0.25) is 5.91 Å². The molecule has 5 nitrogen and oxygen atoms in total. The van der Waals surface area contributed by atoms with Gasteiger partial charge in [-0.2, -0.15) is 0 Å². The molecule has 1 rings (SSSR count). The third-order valence-electron chi connectivity index (χ3n) is 4.71. The van der Waals surface area contributed by atoms with Gasteiger partial charge in [0.15, 0.2) is 0 Å².